The summed E-state index contributed by atoms with van der Waals surface area (Å²) in [4.78, 5) is 47.8. The number of halogens is 1. The topological polar surface area (TPSA) is 102 Å². The van der Waals surface area contributed by atoms with Gasteiger partial charge in [-0.2, -0.15) is 0 Å². The molecule has 152 valence electrons. The van der Waals surface area contributed by atoms with E-state index in [0.29, 0.717) is 21.8 Å². The van der Waals surface area contributed by atoms with Gasteiger partial charge < -0.3 is 15.4 Å². The third kappa shape index (κ3) is 6.43. The molecule has 0 aliphatic rings. The molecule has 2 atom stereocenters. The highest BCUT2D eigenvalue weighted by Gasteiger charge is 2.23. The number of ketones is 1. The second-order valence-corrected chi connectivity index (χ2v) is 6.84. The third-order valence-electron chi connectivity index (χ3n) is 4.03. The van der Waals surface area contributed by atoms with E-state index >= 15 is 0 Å². The Labute approximate surface area is 173 Å². The minimum absolute atomic E-state index is 0.0835. The number of carbonyl (C=O) groups excluding carboxylic acids is 4. The van der Waals surface area contributed by atoms with Crippen molar-refractivity contribution in [1.82, 2.24) is 5.32 Å². The van der Waals surface area contributed by atoms with Crippen molar-refractivity contribution < 1.29 is 23.9 Å². The number of Topliss-reactive ketones (excluding diaryl/α,β-unsaturated/α-hetero) is 1. The molecular weight excluding hydrogens is 396 g/mol. The second-order valence-electron chi connectivity index (χ2n) is 6.40. The highest BCUT2D eigenvalue weighted by atomic mass is 35.5. The van der Waals surface area contributed by atoms with Crippen LogP contribution in [0.3, 0.4) is 0 Å². The van der Waals surface area contributed by atoms with Gasteiger partial charge in [-0.1, -0.05) is 11.6 Å². The molecule has 0 bridgehead atoms. The van der Waals surface area contributed by atoms with Gasteiger partial charge in [-0.3, -0.25) is 14.4 Å². The molecule has 0 unspecified atom stereocenters. The van der Waals surface area contributed by atoms with Crippen LogP contribution in [0.2, 0.25) is 5.02 Å². The van der Waals surface area contributed by atoms with E-state index in [1.165, 1.54) is 32.9 Å². The summed E-state index contributed by atoms with van der Waals surface area (Å²) in [6, 6.07) is 11.6. The quantitative estimate of drug-likeness (QED) is 0.533. The van der Waals surface area contributed by atoms with E-state index in [9.17, 15) is 19.2 Å². The molecule has 0 radical (unpaired) electrons. The number of hydrogen-bond donors (Lipinski definition) is 2. The zero-order valence-corrected chi connectivity index (χ0v) is 16.9. The minimum atomic E-state index is -1.08. The van der Waals surface area contributed by atoms with Crippen molar-refractivity contribution in [3.63, 3.8) is 0 Å². The van der Waals surface area contributed by atoms with E-state index in [1.807, 2.05) is 0 Å². The van der Waals surface area contributed by atoms with Crippen molar-refractivity contribution >= 4 is 40.9 Å². The van der Waals surface area contributed by atoms with E-state index in [1.54, 1.807) is 36.4 Å². The van der Waals surface area contributed by atoms with Gasteiger partial charge in [-0.05, 0) is 69.3 Å². The molecule has 0 saturated heterocycles. The molecule has 2 amide bonds. The first-order chi connectivity index (χ1) is 13.7. The van der Waals surface area contributed by atoms with E-state index in [0.717, 1.165) is 0 Å². The van der Waals surface area contributed by atoms with Crippen LogP contribution >= 0.6 is 11.6 Å². The number of anilines is 1. The fourth-order valence-electron chi connectivity index (χ4n) is 2.30. The van der Waals surface area contributed by atoms with Crippen LogP contribution in [0.5, 0.6) is 0 Å². The fraction of sp³-hybridized carbons (Fsp3) is 0.238. The molecular formula is C21H21ClN2O5. The molecule has 0 spiro atoms. The summed E-state index contributed by atoms with van der Waals surface area (Å²) in [5.74, 6) is -1.83. The molecule has 2 aromatic rings. The van der Waals surface area contributed by atoms with Crippen molar-refractivity contribution in [3.05, 3.63) is 64.7 Å². The Kier molecular flexibility index (Phi) is 7.50. The maximum Gasteiger partial charge on any atom is 0.329 e. The Balaban J connectivity index is 1.87. The predicted molar refractivity (Wildman–Crippen MR) is 109 cm³/mol. The Bertz CT molecular complexity index is 910. The molecule has 0 saturated carbocycles. The van der Waals surface area contributed by atoms with Gasteiger partial charge in [0.05, 0.1) is 0 Å². The molecule has 0 aromatic heterocycles. The normalized spacial score (nSPS) is 12.4. The van der Waals surface area contributed by atoms with E-state index in [2.05, 4.69) is 10.6 Å². The first-order valence-electron chi connectivity index (χ1n) is 8.86. The van der Waals surface area contributed by atoms with Gasteiger partial charge >= 0.3 is 5.97 Å². The number of ether oxygens (including phenoxy) is 1. The second kappa shape index (κ2) is 9.84. The van der Waals surface area contributed by atoms with Crippen LogP contribution in [0.25, 0.3) is 0 Å². The van der Waals surface area contributed by atoms with E-state index in [4.69, 9.17) is 16.3 Å². The molecule has 0 aliphatic carbocycles. The van der Waals surface area contributed by atoms with E-state index < -0.39 is 29.9 Å². The summed E-state index contributed by atoms with van der Waals surface area (Å²) in [5, 5.41) is 5.59. The summed E-state index contributed by atoms with van der Waals surface area (Å²) in [7, 11) is 0. The lowest BCUT2D eigenvalue weighted by Crippen LogP contribution is -2.42. The van der Waals surface area contributed by atoms with Crippen LogP contribution in [0.4, 0.5) is 5.69 Å². The van der Waals surface area contributed by atoms with Crippen molar-refractivity contribution in [2.45, 2.75) is 32.9 Å². The number of benzene rings is 2. The zero-order valence-electron chi connectivity index (χ0n) is 16.2. The van der Waals surface area contributed by atoms with Gasteiger partial charge in [0.25, 0.3) is 11.8 Å². The smallest absolute Gasteiger partial charge is 0.329 e. The van der Waals surface area contributed by atoms with Crippen molar-refractivity contribution in [3.8, 4) is 0 Å². The standard InChI is InChI=1S/C21H21ClN2O5/c1-12(23-20(27)16-4-8-17(22)9-5-16)21(28)29-14(3)19(26)24-18-10-6-15(7-11-18)13(2)25/h4-12,14H,1-3H3,(H,23,27)(H,24,26)/t12-,14-/m0/s1. The molecule has 7 nitrogen and oxygen atoms in total. The summed E-state index contributed by atoms with van der Waals surface area (Å²) in [6.45, 7) is 4.33. The first kappa shape index (κ1) is 22.1. The highest BCUT2D eigenvalue weighted by Crippen LogP contribution is 2.12. The van der Waals surface area contributed by atoms with Gasteiger partial charge in [-0.15, -0.1) is 0 Å². The Morgan fingerprint density at radius 2 is 1.45 bits per heavy atom. The molecule has 0 fully saturated rings. The minimum Gasteiger partial charge on any atom is -0.451 e. The molecule has 2 rings (SSSR count). The molecule has 2 N–H and O–H groups in total. The SMILES string of the molecule is CC(=O)c1ccc(NC(=O)[C@H](C)OC(=O)[C@H](C)NC(=O)c2ccc(Cl)cc2)cc1. The van der Waals surface area contributed by atoms with Gasteiger partial charge in [0.1, 0.15) is 6.04 Å². The van der Waals surface area contributed by atoms with Crippen LogP contribution in [-0.4, -0.2) is 35.7 Å². The summed E-state index contributed by atoms with van der Waals surface area (Å²) >= 11 is 5.78. The molecule has 29 heavy (non-hydrogen) atoms. The predicted octanol–water partition coefficient (Wildman–Crippen LogP) is 3.23. The van der Waals surface area contributed by atoms with Crippen LogP contribution in [0.1, 0.15) is 41.5 Å². The van der Waals surface area contributed by atoms with E-state index in [-0.39, 0.29) is 5.78 Å². The lowest BCUT2D eigenvalue weighted by Gasteiger charge is -2.17. The van der Waals surface area contributed by atoms with Crippen molar-refractivity contribution in [1.29, 1.82) is 0 Å². The average Bonchev–Trinajstić information content (AvgIpc) is 2.68. The van der Waals surface area contributed by atoms with Crippen LogP contribution in [-0.2, 0) is 14.3 Å². The summed E-state index contributed by atoms with van der Waals surface area (Å²) in [5.41, 5.74) is 1.33. The lowest BCUT2D eigenvalue weighted by atomic mass is 10.1. The number of hydrogen-bond acceptors (Lipinski definition) is 5. The fourth-order valence-corrected chi connectivity index (χ4v) is 2.43. The molecule has 0 heterocycles. The molecule has 0 aliphatic heterocycles. The maximum absolute atomic E-state index is 12.2. The Hall–Kier alpha value is -3.19. The van der Waals surface area contributed by atoms with Crippen molar-refractivity contribution in [2.24, 2.45) is 0 Å². The zero-order chi connectivity index (χ0) is 21.6. The largest absolute Gasteiger partial charge is 0.451 e. The molecule has 2 aromatic carbocycles. The van der Waals surface area contributed by atoms with Gasteiger partial charge in [-0.25, -0.2) is 4.79 Å². The van der Waals surface area contributed by atoms with Crippen molar-refractivity contribution in [2.75, 3.05) is 5.32 Å². The van der Waals surface area contributed by atoms with Gasteiger partial charge in [0.2, 0.25) is 0 Å². The monoisotopic (exact) mass is 416 g/mol. The Morgan fingerprint density at radius 3 is 2.00 bits per heavy atom. The number of carbonyl (C=O) groups is 4. The van der Waals surface area contributed by atoms with Crippen LogP contribution in [0.15, 0.2) is 48.5 Å². The maximum atomic E-state index is 12.2. The number of amides is 2. The van der Waals surface area contributed by atoms with Crippen LogP contribution < -0.4 is 10.6 Å². The van der Waals surface area contributed by atoms with Gasteiger partial charge in [0.15, 0.2) is 11.9 Å². The average molecular weight is 417 g/mol. The lowest BCUT2D eigenvalue weighted by molar-refractivity contribution is -0.154. The number of nitrogens with one attached hydrogen (secondary N) is 2. The number of rotatable bonds is 7. The molecule has 8 heteroatoms. The first-order valence-corrected chi connectivity index (χ1v) is 9.24. The van der Waals surface area contributed by atoms with Gasteiger partial charge in [0, 0.05) is 21.8 Å². The number of esters is 1. The van der Waals surface area contributed by atoms with Crippen LogP contribution in [0, 0.1) is 0 Å². The third-order valence-corrected chi connectivity index (χ3v) is 4.28. The summed E-state index contributed by atoms with van der Waals surface area (Å²) < 4.78 is 5.12. The highest BCUT2D eigenvalue weighted by molar-refractivity contribution is 6.30. The Morgan fingerprint density at radius 1 is 0.897 bits per heavy atom. The summed E-state index contributed by atoms with van der Waals surface area (Å²) in [6.07, 6.45) is -1.08.